The summed E-state index contributed by atoms with van der Waals surface area (Å²) in [5.41, 5.74) is 4.04. The monoisotopic (exact) mass is 304 g/mol. The summed E-state index contributed by atoms with van der Waals surface area (Å²) in [5, 5.41) is 0. The van der Waals surface area contributed by atoms with E-state index < -0.39 is 0 Å². The van der Waals surface area contributed by atoms with E-state index >= 15 is 0 Å². The molecule has 3 atom stereocenters. The van der Waals surface area contributed by atoms with E-state index in [9.17, 15) is 0 Å². The minimum Gasteiger partial charge on any atom is -0.0996 e. The maximum atomic E-state index is 4.46. The maximum absolute atomic E-state index is 4.46. The van der Waals surface area contributed by atoms with Gasteiger partial charge in [-0.25, -0.2) is 0 Å². The van der Waals surface area contributed by atoms with Crippen LogP contribution in [0, 0.1) is 22.7 Å². The zero-order valence-corrected chi connectivity index (χ0v) is 16.4. The van der Waals surface area contributed by atoms with Crippen LogP contribution in [0.1, 0.15) is 93.4 Å². The molecule has 0 N–H and O–H groups in total. The molecule has 0 radical (unpaired) electrons. The lowest BCUT2D eigenvalue weighted by Crippen LogP contribution is -2.49. The van der Waals surface area contributed by atoms with Crippen LogP contribution in [0.4, 0.5) is 0 Å². The Labute approximate surface area is 140 Å². The Kier molecular flexibility index (Phi) is 6.96. The average molecular weight is 305 g/mol. The molecule has 2 rings (SSSR count). The fraction of sp³-hybridized carbons (Fsp3) is 0.818. The van der Waals surface area contributed by atoms with Gasteiger partial charge in [0.15, 0.2) is 0 Å². The van der Waals surface area contributed by atoms with Crippen molar-refractivity contribution >= 4 is 0 Å². The molecule has 3 unspecified atom stereocenters. The molecule has 0 spiro atoms. The first kappa shape index (κ1) is 19.5. The van der Waals surface area contributed by atoms with Gasteiger partial charge < -0.3 is 0 Å². The molecule has 0 heteroatoms. The van der Waals surface area contributed by atoms with Crippen LogP contribution >= 0.6 is 0 Å². The molecule has 22 heavy (non-hydrogen) atoms. The van der Waals surface area contributed by atoms with E-state index in [2.05, 4.69) is 47.3 Å². The molecule has 0 aromatic carbocycles. The van der Waals surface area contributed by atoms with Crippen LogP contribution < -0.4 is 0 Å². The average Bonchev–Trinajstić information content (AvgIpc) is 2.43. The highest BCUT2D eigenvalue weighted by atomic mass is 14.6. The number of rotatable bonds is 3. The van der Waals surface area contributed by atoms with Crippen molar-refractivity contribution in [3.05, 3.63) is 23.8 Å². The van der Waals surface area contributed by atoms with Crippen molar-refractivity contribution < 1.29 is 0 Å². The van der Waals surface area contributed by atoms with Gasteiger partial charge in [0, 0.05) is 0 Å². The Balaban J connectivity index is 0.00000116. The van der Waals surface area contributed by atoms with Crippen LogP contribution in [-0.4, -0.2) is 0 Å². The van der Waals surface area contributed by atoms with E-state index in [1.165, 1.54) is 50.5 Å². The summed E-state index contributed by atoms with van der Waals surface area (Å²) in [6.07, 6.45) is 11.8. The molecule has 2 aliphatic carbocycles. The highest BCUT2D eigenvalue weighted by Gasteiger charge is 2.52. The first-order chi connectivity index (χ1) is 10.3. The summed E-state index contributed by atoms with van der Waals surface area (Å²) in [7, 11) is 0. The summed E-state index contributed by atoms with van der Waals surface area (Å²) in [4.78, 5) is 0. The Morgan fingerprint density at radius 1 is 1.18 bits per heavy atom. The normalized spacial score (nSPS) is 33.3. The molecule has 0 aromatic heterocycles. The largest absolute Gasteiger partial charge is 0.0996 e. The van der Waals surface area contributed by atoms with Crippen molar-refractivity contribution in [2.24, 2.45) is 22.7 Å². The number of hydrogen-bond acceptors (Lipinski definition) is 0. The van der Waals surface area contributed by atoms with Gasteiger partial charge in [-0.3, -0.25) is 0 Å². The van der Waals surface area contributed by atoms with Crippen LogP contribution in [0.3, 0.4) is 0 Å². The lowest BCUT2D eigenvalue weighted by molar-refractivity contribution is -0.0537. The molecular formula is C22H40. The first-order valence-electron chi connectivity index (χ1n) is 9.58. The summed E-state index contributed by atoms with van der Waals surface area (Å²) in [5.74, 6) is 1.64. The summed E-state index contributed by atoms with van der Waals surface area (Å²) in [6, 6.07) is 0. The van der Waals surface area contributed by atoms with Crippen LogP contribution in [0.5, 0.6) is 0 Å². The van der Waals surface area contributed by atoms with Crippen molar-refractivity contribution in [1.82, 2.24) is 0 Å². The summed E-state index contributed by atoms with van der Waals surface area (Å²) in [6.45, 7) is 20.5. The minimum absolute atomic E-state index is 0.507. The van der Waals surface area contributed by atoms with Crippen molar-refractivity contribution in [3.63, 3.8) is 0 Å². The van der Waals surface area contributed by atoms with E-state index in [0.717, 1.165) is 11.8 Å². The summed E-state index contributed by atoms with van der Waals surface area (Å²) >= 11 is 0. The number of fused-ring (bicyclic) bond motifs is 1. The molecule has 2 saturated carbocycles. The fourth-order valence-electron chi connectivity index (χ4n) is 5.35. The van der Waals surface area contributed by atoms with Crippen molar-refractivity contribution in [2.75, 3.05) is 0 Å². The Hall–Kier alpha value is -0.520. The molecule has 0 amide bonds. The Morgan fingerprint density at radius 3 is 2.41 bits per heavy atom. The number of hydrogen-bond donors (Lipinski definition) is 0. The van der Waals surface area contributed by atoms with E-state index in [0.29, 0.717) is 10.8 Å². The van der Waals surface area contributed by atoms with Crippen molar-refractivity contribution in [3.8, 4) is 0 Å². The molecule has 2 fully saturated rings. The SMILES string of the molecule is C=C1CCC2C(C)(C)CCCC2(C)C1CCC=C(C)C.CC. The molecule has 0 aromatic rings. The van der Waals surface area contributed by atoms with E-state index in [-0.39, 0.29) is 0 Å². The zero-order chi connectivity index (χ0) is 17.0. The highest BCUT2D eigenvalue weighted by molar-refractivity contribution is 5.16. The van der Waals surface area contributed by atoms with Gasteiger partial charge in [-0.15, -0.1) is 0 Å². The highest BCUT2D eigenvalue weighted by Crippen LogP contribution is 2.61. The fourth-order valence-corrected chi connectivity index (χ4v) is 5.35. The van der Waals surface area contributed by atoms with Crippen molar-refractivity contribution in [1.29, 1.82) is 0 Å². The second kappa shape index (κ2) is 7.84. The molecule has 0 nitrogen and oxygen atoms in total. The summed E-state index contributed by atoms with van der Waals surface area (Å²) < 4.78 is 0. The van der Waals surface area contributed by atoms with Crippen LogP contribution in [-0.2, 0) is 0 Å². The topological polar surface area (TPSA) is 0 Å². The Bertz CT molecular complexity index is 394. The van der Waals surface area contributed by atoms with Crippen LogP contribution in [0.25, 0.3) is 0 Å². The lowest BCUT2D eigenvalue weighted by Gasteiger charge is -2.58. The molecule has 0 saturated heterocycles. The van der Waals surface area contributed by atoms with E-state index in [4.69, 9.17) is 0 Å². The second-order valence-corrected chi connectivity index (χ2v) is 8.51. The quantitative estimate of drug-likeness (QED) is 0.472. The maximum Gasteiger partial charge on any atom is -0.0146 e. The van der Waals surface area contributed by atoms with E-state index in [1.54, 1.807) is 5.57 Å². The standard InChI is InChI=1S/C20H34.C2H6/c1-15(2)9-7-10-17-16(3)11-12-18-19(4,5)13-8-14-20(17,18)6;1-2/h9,17-18H,3,7-8,10-14H2,1-2,4-6H3;1-2H3. The van der Waals surface area contributed by atoms with Gasteiger partial charge in [-0.1, -0.05) is 64.8 Å². The molecule has 0 heterocycles. The second-order valence-electron chi connectivity index (χ2n) is 8.51. The predicted molar refractivity (Wildman–Crippen MR) is 101 cm³/mol. The Morgan fingerprint density at radius 2 is 1.82 bits per heavy atom. The van der Waals surface area contributed by atoms with Gasteiger partial charge in [-0.05, 0) is 75.0 Å². The molecule has 2 aliphatic rings. The molecule has 0 aliphatic heterocycles. The molecule has 128 valence electrons. The lowest BCUT2D eigenvalue weighted by atomic mass is 9.47. The zero-order valence-electron chi connectivity index (χ0n) is 16.4. The number of allylic oxidation sites excluding steroid dienone is 3. The molecular weight excluding hydrogens is 264 g/mol. The third-order valence-electron chi connectivity index (χ3n) is 6.33. The van der Waals surface area contributed by atoms with Gasteiger partial charge in [0.2, 0.25) is 0 Å². The third kappa shape index (κ3) is 4.06. The van der Waals surface area contributed by atoms with Gasteiger partial charge in [0.1, 0.15) is 0 Å². The molecule has 0 bridgehead atoms. The smallest absolute Gasteiger partial charge is 0.0146 e. The first-order valence-corrected chi connectivity index (χ1v) is 9.58. The predicted octanol–water partition coefficient (Wildman–Crippen LogP) is 7.56. The van der Waals surface area contributed by atoms with Gasteiger partial charge in [0.05, 0.1) is 0 Å². The third-order valence-corrected chi connectivity index (χ3v) is 6.33. The van der Waals surface area contributed by atoms with Crippen LogP contribution in [0.2, 0.25) is 0 Å². The van der Waals surface area contributed by atoms with E-state index in [1.807, 2.05) is 13.8 Å². The van der Waals surface area contributed by atoms with Crippen LogP contribution in [0.15, 0.2) is 23.8 Å². The van der Waals surface area contributed by atoms with Gasteiger partial charge >= 0.3 is 0 Å². The van der Waals surface area contributed by atoms with Gasteiger partial charge in [0.25, 0.3) is 0 Å². The van der Waals surface area contributed by atoms with Gasteiger partial charge in [-0.2, -0.15) is 0 Å². The van der Waals surface area contributed by atoms with Crippen molar-refractivity contribution in [2.45, 2.75) is 93.4 Å². The minimum atomic E-state index is 0.507.